The molecule has 0 amide bonds. The smallest absolute Gasteiger partial charge is 0.0433 e. The van der Waals surface area contributed by atoms with Crippen LogP contribution in [0.2, 0.25) is 0 Å². The van der Waals surface area contributed by atoms with Crippen molar-refractivity contribution in [3.8, 4) is 0 Å². The van der Waals surface area contributed by atoms with Crippen LogP contribution in [0.4, 0.5) is 0 Å². The maximum atomic E-state index is 8.65. The van der Waals surface area contributed by atoms with Crippen molar-refractivity contribution in [1.29, 1.82) is 0 Å². The van der Waals surface area contributed by atoms with Gasteiger partial charge in [0.2, 0.25) is 0 Å². The van der Waals surface area contributed by atoms with E-state index < -0.39 is 0 Å². The summed E-state index contributed by atoms with van der Waals surface area (Å²) >= 11 is 0. The zero-order valence-corrected chi connectivity index (χ0v) is 7.16. The lowest BCUT2D eigenvalue weighted by Gasteiger charge is -2.16. The first-order valence-electron chi connectivity index (χ1n) is 4.18. The van der Waals surface area contributed by atoms with Gasteiger partial charge in [0.15, 0.2) is 0 Å². The van der Waals surface area contributed by atoms with Crippen LogP contribution in [0.5, 0.6) is 0 Å². The molecule has 0 saturated heterocycles. The topological polar surface area (TPSA) is 66.5 Å². The van der Waals surface area contributed by atoms with Crippen molar-refractivity contribution in [3.05, 3.63) is 0 Å². The van der Waals surface area contributed by atoms with Crippen molar-refractivity contribution >= 4 is 0 Å². The molecule has 0 aliphatic heterocycles. The monoisotopic (exact) mass is 161 g/mol. The second-order valence-electron chi connectivity index (χ2n) is 3.10. The molecule has 0 rings (SSSR count). The Balaban J connectivity index is 3.50. The van der Waals surface area contributed by atoms with Gasteiger partial charge in [-0.15, -0.1) is 0 Å². The van der Waals surface area contributed by atoms with E-state index in [1.165, 1.54) is 0 Å². The van der Waals surface area contributed by atoms with Crippen LogP contribution in [-0.4, -0.2) is 29.5 Å². The highest BCUT2D eigenvalue weighted by Gasteiger charge is 2.09. The summed E-state index contributed by atoms with van der Waals surface area (Å²) in [5.41, 5.74) is 5.59. The van der Waals surface area contributed by atoms with Crippen molar-refractivity contribution in [3.63, 3.8) is 0 Å². The number of nitrogens with two attached hydrogens (primary N) is 1. The number of hydrogen-bond donors (Lipinski definition) is 3. The van der Waals surface area contributed by atoms with Gasteiger partial charge in [-0.1, -0.05) is 0 Å². The van der Waals surface area contributed by atoms with Gasteiger partial charge in [0.1, 0.15) is 0 Å². The molecule has 0 aliphatic rings. The Hall–Kier alpha value is -0.120. The van der Waals surface area contributed by atoms with Crippen LogP contribution < -0.4 is 5.73 Å². The van der Waals surface area contributed by atoms with Crippen LogP contribution in [0.25, 0.3) is 0 Å². The fourth-order valence-corrected chi connectivity index (χ4v) is 1.27. The second kappa shape index (κ2) is 6.58. The van der Waals surface area contributed by atoms with Gasteiger partial charge < -0.3 is 15.9 Å². The molecule has 3 heteroatoms. The molecule has 1 atom stereocenters. The lowest BCUT2D eigenvalue weighted by Crippen LogP contribution is -2.21. The van der Waals surface area contributed by atoms with Gasteiger partial charge in [-0.05, 0) is 32.1 Å². The first-order chi connectivity index (χ1) is 5.20. The summed E-state index contributed by atoms with van der Waals surface area (Å²) in [6.45, 7) is 2.33. The summed E-state index contributed by atoms with van der Waals surface area (Å²) in [5, 5.41) is 17.3. The van der Waals surface area contributed by atoms with Crippen molar-refractivity contribution < 1.29 is 10.2 Å². The summed E-state index contributed by atoms with van der Waals surface area (Å²) in [5.74, 6) is 0.380. The maximum Gasteiger partial charge on any atom is 0.0433 e. The van der Waals surface area contributed by atoms with E-state index in [1.54, 1.807) is 0 Å². The van der Waals surface area contributed by atoms with E-state index in [-0.39, 0.29) is 19.3 Å². The molecule has 1 unspecified atom stereocenters. The number of aliphatic hydroxyl groups excluding tert-OH is 2. The molecule has 0 radical (unpaired) electrons. The van der Waals surface area contributed by atoms with Crippen LogP contribution >= 0.6 is 0 Å². The molecule has 0 spiro atoms. The minimum absolute atomic E-state index is 0.165. The summed E-state index contributed by atoms with van der Waals surface area (Å²) in [4.78, 5) is 0. The van der Waals surface area contributed by atoms with Gasteiger partial charge in [-0.25, -0.2) is 0 Å². The Labute approximate surface area is 68.2 Å². The van der Waals surface area contributed by atoms with Gasteiger partial charge in [0.25, 0.3) is 0 Å². The van der Waals surface area contributed by atoms with Crippen molar-refractivity contribution in [2.24, 2.45) is 11.7 Å². The van der Waals surface area contributed by atoms with E-state index in [0.717, 1.165) is 19.3 Å². The summed E-state index contributed by atoms with van der Waals surface area (Å²) in [6.07, 6.45) is 2.39. The van der Waals surface area contributed by atoms with E-state index in [0.29, 0.717) is 5.92 Å². The molecule has 0 aromatic rings. The second-order valence-corrected chi connectivity index (χ2v) is 3.10. The Morgan fingerprint density at radius 3 is 1.91 bits per heavy atom. The summed E-state index contributed by atoms with van der Waals surface area (Å²) < 4.78 is 0. The van der Waals surface area contributed by atoms with E-state index >= 15 is 0 Å². The fourth-order valence-electron chi connectivity index (χ4n) is 1.27. The highest BCUT2D eigenvalue weighted by molar-refractivity contribution is 4.64. The largest absolute Gasteiger partial charge is 0.396 e. The summed E-state index contributed by atoms with van der Waals surface area (Å²) in [7, 11) is 0. The molecule has 0 fully saturated rings. The SMILES string of the molecule is CC(N)CC(CCO)CCO. The van der Waals surface area contributed by atoms with Crippen molar-refractivity contribution in [2.75, 3.05) is 13.2 Å². The molecule has 0 aliphatic carbocycles. The maximum absolute atomic E-state index is 8.65. The Kier molecular flexibility index (Phi) is 6.51. The number of aliphatic hydroxyl groups is 2. The van der Waals surface area contributed by atoms with Crippen molar-refractivity contribution in [2.45, 2.75) is 32.2 Å². The molecule has 0 heterocycles. The highest BCUT2D eigenvalue weighted by atomic mass is 16.3. The number of rotatable bonds is 6. The lowest BCUT2D eigenvalue weighted by atomic mass is 9.95. The van der Waals surface area contributed by atoms with Crippen LogP contribution in [0.1, 0.15) is 26.2 Å². The molecule has 11 heavy (non-hydrogen) atoms. The third-order valence-electron chi connectivity index (χ3n) is 1.78. The van der Waals surface area contributed by atoms with Crippen LogP contribution in [0.3, 0.4) is 0 Å². The first-order valence-corrected chi connectivity index (χ1v) is 4.18. The van der Waals surface area contributed by atoms with Crippen LogP contribution in [0, 0.1) is 5.92 Å². The Bertz CT molecular complexity index is 80.2. The van der Waals surface area contributed by atoms with Gasteiger partial charge >= 0.3 is 0 Å². The van der Waals surface area contributed by atoms with Crippen LogP contribution in [0.15, 0.2) is 0 Å². The summed E-state index contributed by atoms with van der Waals surface area (Å²) in [6, 6.07) is 0.165. The molecule has 3 nitrogen and oxygen atoms in total. The average molecular weight is 161 g/mol. The Morgan fingerprint density at radius 2 is 1.64 bits per heavy atom. The average Bonchev–Trinajstić information content (AvgIpc) is 1.87. The van der Waals surface area contributed by atoms with E-state index in [2.05, 4.69) is 0 Å². The van der Waals surface area contributed by atoms with Gasteiger partial charge in [0.05, 0.1) is 0 Å². The Morgan fingerprint density at radius 1 is 1.18 bits per heavy atom. The number of hydrogen-bond acceptors (Lipinski definition) is 3. The lowest BCUT2D eigenvalue weighted by molar-refractivity contribution is 0.206. The minimum atomic E-state index is 0.165. The van der Waals surface area contributed by atoms with Crippen LogP contribution in [-0.2, 0) is 0 Å². The van der Waals surface area contributed by atoms with E-state index in [4.69, 9.17) is 15.9 Å². The standard InChI is InChI=1S/C8H19NO2/c1-7(9)6-8(2-4-10)3-5-11/h7-8,10-11H,2-6,9H2,1H3. The third-order valence-corrected chi connectivity index (χ3v) is 1.78. The molecular weight excluding hydrogens is 142 g/mol. The van der Waals surface area contributed by atoms with E-state index in [9.17, 15) is 0 Å². The van der Waals surface area contributed by atoms with Crippen molar-refractivity contribution in [1.82, 2.24) is 0 Å². The quantitative estimate of drug-likeness (QED) is 0.518. The molecule has 68 valence electrons. The normalized spacial score (nSPS) is 13.9. The molecule has 0 aromatic heterocycles. The molecule has 0 bridgehead atoms. The van der Waals surface area contributed by atoms with E-state index in [1.807, 2.05) is 6.92 Å². The fraction of sp³-hybridized carbons (Fsp3) is 1.00. The third kappa shape index (κ3) is 6.28. The van der Waals surface area contributed by atoms with Gasteiger partial charge in [0, 0.05) is 19.3 Å². The molecule has 0 aromatic carbocycles. The zero-order valence-electron chi connectivity index (χ0n) is 7.16. The van der Waals surface area contributed by atoms with Gasteiger partial charge in [-0.3, -0.25) is 0 Å². The predicted octanol–water partition coefficient (Wildman–Crippen LogP) is 0.105. The molecule has 0 saturated carbocycles. The minimum Gasteiger partial charge on any atom is -0.396 e. The molecule has 4 N–H and O–H groups in total. The molecular formula is C8H19NO2. The van der Waals surface area contributed by atoms with Gasteiger partial charge in [-0.2, -0.15) is 0 Å². The zero-order chi connectivity index (χ0) is 8.69. The predicted molar refractivity (Wildman–Crippen MR) is 45.2 cm³/mol. The first kappa shape index (κ1) is 10.9. The highest BCUT2D eigenvalue weighted by Crippen LogP contribution is 2.13.